The highest BCUT2D eigenvalue weighted by Gasteiger charge is 2.20. The average molecular weight is 252 g/mol. The largest absolute Gasteiger partial charge is 0.338 e. The Kier molecular flexibility index (Phi) is 4.72. The van der Waals surface area contributed by atoms with E-state index in [1.807, 2.05) is 6.92 Å². The van der Waals surface area contributed by atoms with Gasteiger partial charge in [0.25, 0.3) is 0 Å². The van der Waals surface area contributed by atoms with Crippen LogP contribution in [0.15, 0.2) is 4.52 Å². The first-order valence-corrected chi connectivity index (χ1v) is 6.88. The first-order chi connectivity index (χ1) is 8.63. The topological polar surface area (TPSA) is 54.2 Å². The van der Waals surface area contributed by atoms with Crippen LogP contribution in [0.3, 0.4) is 0 Å². The third-order valence-corrected chi connectivity index (χ3v) is 3.45. The maximum atomic E-state index is 5.16. The van der Waals surface area contributed by atoms with Crippen molar-refractivity contribution in [2.45, 2.75) is 46.2 Å². The molecule has 102 valence electrons. The molecule has 1 saturated heterocycles. The molecule has 2 rings (SSSR count). The number of likely N-dealkylation sites (tertiary alicyclic amines) is 1. The van der Waals surface area contributed by atoms with Gasteiger partial charge in [-0.25, -0.2) is 0 Å². The predicted molar refractivity (Wildman–Crippen MR) is 70.2 cm³/mol. The first-order valence-electron chi connectivity index (χ1n) is 6.88. The summed E-state index contributed by atoms with van der Waals surface area (Å²) in [6, 6.07) is 0.587. The summed E-state index contributed by atoms with van der Waals surface area (Å²) in [5.74, 6) is 2.28. The van der Waals surface area contributed by atoms with Gasteiger partial charge in [0.05, 0.1) is 6.54 Å². The molecule has 5 nitrogen and oxygen atoms in total. The molecule has 2 heterocycles. The van der Waals surface area contributed by atoms with E-state index in [-0.39, 0.29) is 0 Å². The Morgan fingerprint density at radius 3 is 2.67 bits per heavy atom. The molecule has 0 unspecified atom stereocenters. The second kappa shape index (κ2) is 6.29. The molecular weight excluding hydrogens is 228 g/mol. The van der Waals surface area contributed by atoms with Crippen LogP contribution < -0.4 is 5.32 Å². The number of piperidine rings is 1. The fourth-order valence-electron chi connectivity index (χ4n) is 2.35. The maximum Gasteiger partial charge on any atom is 0.240 e. The molecule has 0 saturated carbocycles. The molecule has 1 aromatic rings. The smallest absolute Gasteiger partial charge is 0.240 e. The summed E-state index contributed by atoms with van der Waals surface area (Å²) in [5.41, 5.74) is 0. The van der Waals surface area contributed by atoms with Gasteiger partial charge in [-0.3, -0.25) is 4.90 Å². The number of rotatable bonds is 5. The van der Waals surface area contributed by atoms with Crippen LogP contribution >= 0.6 is 0 Å². The lowest BCUT2D eigenvalue weighted by Crippen LogP contribution is -2.38. The van der Waals surface area contributed by atoms with E-state index < -0.39 is 0 Å². The number of hydrogen-bond acceptors (Lipinski definition) is 5. The van der Waals surface area contributed by atoms with Crippen molar-refractivity contribution in [1.29, 1.82) is 0 Å². The van der Waals surface area contributed by atoms with E-state index in [0.29, 0.717) is 6.04 Å². The van der Waals surface area contributed by atoms with E-state index in [1.54, 1.807) is 0 Å². The van der Waals surface area contributed by atoms with Crippen molar-refractivity contribution in [3.05, 3.63) is 11.7 Å². The Labute approximate surface area is 109 Å². The molecule has 0 aliphatic carbocycles. The van der Waals surface area contributed by atoms with Gasteiger partial charge in [-0.1, -0.05) is 19.0 Å². The van der Waals surface area contributed by atoms with Crippen LogP contribution in [0.2, 0.25) is 0 Å². The van der Waals surface area contributed by atoms with Crippen LogP contribution in [0.25, 0.3) is 0 Å². The highest BCUT2D eigenvalue weighted by molar-refractivity contribution is 4.84. The molecule has 0 amide bonds. The molecule has 0 radical (unpaired) electrons. The van der Waals surface area contributed by atoms with Crippen LogP contribution in [0.4, 0.5) is 0 Å². The van der Waals surface area contributed by atoms with Crippen molar-refractivity contribution in [3.8, 4) is 0 Å². The number of nitrogens with zero attached hydrogens (tertiary/aromatic N) is 3. The third kappa shape index (κ3) is 4.07. The van der Waals surface area contributed by atoms with Gasteiger partial charge in [0.1, 0.15) is 0 Å². The average Bonchev–Trinajstić information content (AvgIpc) is 2.74. The summed E-state index contributed by atoms with van der Waals surface area (Å²) in [4.78, 5) is 6.65. The van der Waals surface area contributed by atoms with E-state index in [2.05, 4.69) is 34.2 Å². The van der Waals surface area contributed by atoms with Crippen molar-refractivity contribution in [2.75, 3.05) is 19.6 Å². The first kappa shape index (κ1) is 13.5. The summed E-state index contributed by atoms with van der Waals surface area (Å²) in [6.45, 7) is 10.5. The summed E-state index contributed by atoms with van der Waals surface area (Å²) in [6.07, 6.45) is 2.51. The fourth-order valence-corrected chi connectivity index (χ4v) is 2.35. The van der Waals surface area contributed by atoms with Crippen molar-refractivity contribution in [3.63, 3.8) is 0 Å². The molecule has 18 heavy (non-hydrogen) atoms. The van der Waals surface area contributed by atoms with Crippen molar-refractivity contribution >= 4 is 0 Å². The standard InChI is InChI=1S/C13H24N4O/c1-10(2)14-8-12-4-6-17(7-5-12)9-13-15-11(3)16-18-13/h10,12,14H,4-9H2,1-3H3. The van der Waals surface area contributed by atoms with Gasteiger partial charge in [0, 0.05) is 6.04 Å². The second-order valence-electron chi connectivity index (χ2n) is 5.52. The number of nitrogens with one attached hydrogen (secondary N) is 1. The molecular formula is C13H24N4O. The van der Waals surface area contributed by atoms with Gasteiger partial charge in [-0.2, -0.15) is 4.98 Å². The van der Waals surface area contributed by atoms with E-state index in [0.717, 1.165) is 43.8 Å². The van der Waals surface area contributed by atoms with Crippen LogP contribution in [-0.2, 0) is 6.54 Å². The Balaban J connectivity index is 1.70. The lowest BCUT2D eigenvalue weighted by Gasteiger charge is -2.31. The fraction of sp³-hybridized carbons (Fsp3) is 0.846. The van der Waals surface area contributed by atoms with Crippen LogP contribution in [0.1, 0.15) is 38.4 Å². The van der Waals surface area contributed by atoms with Crippen molar-refractivity contribution < 1.29 is 4.52 Å². The van der Waals surface area contributed by atoms with Gasteiger partial charge in [-0.15, -0.1) is 0 Å². The molecule has 1 aliphatic rings. The van der Waals surface area contributed by atoms with E-state index in [1.165, 1.54) is 12.8 Å². The number of aromatic nitrogens is 2. The van der Waals surface area contributed by atoms with E-state index >= 15 is 0 Å². The lowest BCUT2D eigenvalue weighted by atomic mass is 9.96. The summed E-state index contributed by atoms with van der Waals surface area (Å²) in [7, 11) is 0. The normalized spacial score (nSPS) is 18.7. The molecule has 0 bridgehead atoms. The molecule has 1 N–H and O–H groups in total. The van der Waals surface area contributed by atoms with Crippen LogP contribution in [0, 0.1) is 12.8 Å². The summed E-state index contributed by atoms with van der Waals surface area (Å²) in [5, 5.41) is 7.35. The van der Waals surface area contributed by atoms with Gasteiger partial charge < -0.3 is 9.84 Å². The Morgan fingerprint density at radius 1 is 1.39 bits per heavy atom. The van der Waals surface area contributed by atoms with Gasteiger partial charge in [-0.05, 0) is 45.3 Å². The van der Waals surface area contributed by atoms with Crippen LogP contribution in [0.5, 0.6) is 0 Å². The van der Waals surface area contributed by atoms with Crippen LogP contribution in [-0.4, -0.2) is 40.7 Å². The molecule has 5 heteroatoms. The Hall–Kier alpha value is -0.940. The molecule has 1 aliphatic heterocycles. The molecule has 0 aromatic carbocycles. The van der Waals surface area contributed by atoms with Crippen molar-refractivity contribution in [1.82, 2.24) is 20.4 Å². The Morgan fingerprint density at radius 2 is 2.11 bits per heavy atom. The number of aryl methyl sites for hydroxylation is 1. The number of hydrogen-bond donors (Lipinski definition) is 1. The molecule has 1 aromatic heterocycles. The van der Waals surface area contributed by atoms with Gasteiger partial charge in [0.15, 0.2) is 5.82 Å². The van der Waals surface area contributed by atoms with E-state index in [4.69, 9.17) is 4.52 Å². The van der Waals surface area contributed by atoms with Gasteiger partial charge in [0.2, 0.25) is 5.89 Å². The quantitative estimate of drug-likeness (QED) is 0.862. The SMILES string of the molecule is Cc1noc(CN2CCC(CNC(C)C)CC2)n1. The lowest BCUT2D eigenvalue weighted by molar-refractivity contribution is 0.156. The summed E-state index contributed by atoms with van der Waals surface area (Å²) < 4.78 is 5.16. The summed E-state index contributed by atoms with van der Waals surface area (Å²) >= 11 is 0. The maximum absolute atomic E-state index is 5.16. The molecule has 0 spiro atoms. The van der Waals surface area contributed by atoms with Crippen molar-refractivity contribution in [2.24, 2.45) is 5.92 Å². The zero-order chi connectivity index (χ0) is 13.0. The molecule has 1 fully saturated rings. The highest BCUT2D eigenvalue weighted by Crippen LogP contribution is 2.18. The van der Waals surface area contributed by atoms with E-state index in [9.17, 15) is 0 Å². The zero-order valence-corrected chi connectivity index (χ0v) is 11.6. The Bertz CT molecular complexity index is 356. The highest BCUT2D eigenvalue weighted by atomic mass is 16.5. The minimum Gasteiger partial charge on any atom is -0.338 e. The zero-order valence-electron chi connectivity index (χ0n) is 11.6. The second-order valence-corrected chi connectivity index (χ2v) is 5.52. The third-order valence-electron chi connectivity index (χ3n) is 3.45. The predicted octanol–water partition coefficient (Wildman–Crippen LogP) is 1.59. The van der Waals surface area contributed by atoms with Gasteiger partial charge >= 0.3 is 0 Å². The molecule has 0 atom stereocenters. The monoisotopic (exact) mass is 252 g/mol. The minimum absolute atomic E-state index is 0.587. The minimum atomic E-state index is 0.587.